The summed E-state index contributed by atoms with van der Waals surface area (Å²) in [5.41, 5.74) is 1.77. The van der Waals surface area contributed by atoms with Gasteiger partial charge in [-0.2, -0.15) is 0 Å². The second kappa shape index (κ2) is 6.28. The Kier molecular flexibility index (Phi) is 4.45. The molecule has 0 spiro atoms. The molecule has 4 heteroatoms. The van der Waals surface area contributed by atoms with Crippen molar-refractivity contribution >= 4 is 5.69 Å². The predicted molar refractivity (Wildman–Crippen MR) is 78.0 cm³/mol. The molecule has 0 aliphatic carbocycles. The van der Waals surface area contributed by atoms with Gasteiger partial charge in [-0.1, -0.05) is 18.2 Å². The molecular formula is C16H18FNO2. The van der Waals surface area contributed by atoms with Gasteiger partial charge in [-0.15, -0.1) is 0 Å². The van der Waals surface area contributed by atoms with Crippen molar-refractivity contribution < 1.29 is 13.9 Å². The van der Waals surface area contributed by atoms with Crippen LogP contribution in [0.4, 0.5) is 10.1 Å². The first-order valence-electron chi connectivity index (χ1n) is 6.38. The average Bonchev–Trinajstić information content (AvgIpc) is 2.48. The molecule has 20 heavy (non-hydrogen) atoms. The molecule has 0 bridgehead atoms. The molecule has 0 amide bonds. The lowest BCUT2D eigenvalue weighted by Gasteiger charge is -2.19. The molecule has 0 aliphatic rings. The molecule has 2 aromatic carbocycles. The molecule has 106 valence electrons. The monoisotopic (exact) mass is 275 g/mol. The maximum Gasteiger partial charge on any atom is 0.144 e. The fraction of sp³-hybridized carbons (Fsp3) is 0.250. The third kappa shape index (κ3) is 3.02. The third-order valence-electron chi connectivity index (χ3n) is 3.14. The van der Waals surface area contributed by atoms with Crippen LogP contribution >= 0.6 is 0 Å². The molecule has 0 aromatic heterocycles. The van der Waals surface area contributed by atoms with Gasteiger partial charge in [0, 0.05) is 11.6 Å². The highest BCUT2D eigenvalue weighted by molar-refractivity contribution is 5.58. The number of halogens is 1. The van der Waals surface area contributed by atoms with Crippen LogP contribution in [0.15, 0.2) is 42.5 Å². The van der Waals surface area contributed by atoms with E-state index in [4.69, 9.17) is 9.47 Å². The van der Waals surface area contributed by atoms with Crippen LogP contribution in [0.1, 0.15) is 18.5 Å². The van der Waals surface area contributed by atoms with Crippen LogP contribution in [-0.2, 0) is 0 Å². The second-order valence-corrected chi connectivity index (χ2v) is 4.45. The minimum absolute atomic E-state index is 0.00510. The zero-order valence-corrected chi connectivity index (χ0v) is 11.8. The molecule has 0 saturated carbocycles. The molecule has 3 nitrogen and oxygen atoms in total. The number of benzene rings is 2. The largest absolute Gasteiger partial charge is 0.496 e. The predicted octanol–water partition coefficient (Wildman–Crippen LogP) is 4.02. The second-order valence-electron chi connectivity index (χ2n) is 4.45. The van der Waals surface area contributed by atoms with Crippen LogP contribution in [0.2, 0.25) is 0 Å². The number of hydrogen-bond donors (Lipinski definition) is 1. The normalized spacial score (nSPS) is 11.8. The summed E-state index contributed by atoms with van der Waals surface area (Å²) >= 11 is 0. The van der Waals surface area contributed by atoms with Crippen LogP contribution in [0.5, 0.6) is 11.5 Å². The Hall–Kier alpha value is -2.23. The zero-order chi connectivity index (χ0) is 14.5. The first kappa shape index (κ1) is 14.2. The Balaban J connectivity index is 2.25. The van der Waals surface area contributed by atoms with E-state index >= 15 is 0 Å². The van der Waals surface area contributed by atoms with Crippen molar-refractivity contribution in [2.24, 2.45) is 0 Å². The minimum atomic E-state index is -0.322. The van der Waals surface area contributed by atoms with E-state index in [0.29, 0.717) is 5.75 Å². The van der Waals surface area contributed by atoms with E-state index < -0.39 is 0 Å². The van der Waals surface area contributed by atoms with Gasteiger partial charge in [0.1, 0.15) is 17.3 Å². The Bertz CT molecular complexity index is 586. The minimum Gasteiger partial charge on any atom is -0.496 e. The highest BCUT2D eigenvalue weighted by atomic mass is 19.1. The number of ether oxygens (including phenoxy) is 2. The van der Waals surface area contributed by atoms with E-state index in [9.17, 15) is 4.39 Å². The van der Waals surface area contributed by atoms with Crippen LogP contribution in [0.3, 0.4) is 0 Å². The summed E-state index contributed by atoms with van der Waals surface area (Å²) in [4.78, 5) is 0. The smallest absolute Gasteiger partial charge is 0.144 e. The fourth-order valence-electron chi connectivity index (χ4n) is 2.12. The maximum atomic E-state index is 13.2. The first-order valence-corrected chi connectivity index (χ1v) is 6.38. The fourth-order valence-corrected chi connectivity index (χ4v) is 2.12. The quantitative estimate of drug-likeness (QED) is 0.894. The molecule has 1 atom stereocenters. The molecule has 0 radical (unpaired) electrons. The van der Waals surface area contributed by atoms with E-state index in [2.05, 4.69) is 5.32 Å². The van der Waals surface area contributed by atoms with Crippen LogP contribution in [-0.4, -0.2) is 14.2 Å². The molecule has 1 unspecified atom stereocenters. The van der Waals surface area contributed by atoms with Crippen molar-refractivity contribution in [2.75, 3.05) is 19.5 Å². The number of anilines is 1. The van der Waals surface area contributed by atoms with Gasteiger partial charge in [-0.3, -0.25) is 0 Å². The molecule has 0 heterocycles. The molecule has 0 saturated heterocycles. The molecule has 2 aromatic rings. The van der Waals surface area contributed by atoms with E-state index in [0.717, 1.165) is 17.0 Å². The van der Waals surface area contributed by atoms with Gasteiger partial charge in [0.2, 0.25) is 0 Å². The SMILES string of the molecule is COc1cc(F)ccc1NC(C)c1ccccc1OC. The van der Waals surface area contributed by atoms with Gasteiger partial charge < -0.3 is 14.8 Å². The summed E-state index contributed by atoms with van der Waals surface area (Å²) in [7, 11) is 3.16. The summed E-state index contributed by atoms with van der Waals surface area (Å²) < 4.78 is 23.7. The Morgan fingerprint density at radius 3 is 2.40 bits per heavy atom. The topological polar surface area (TPSA) is 30.5 Å². The van der Waals surface area contributed by atoms with E-state index in [1.807, 2.05) is 31.2 Å². The molecule has 1 N–H and O–H groups in total. The zero-order valence-electron chi connectivity index (χ0n) is 11.8. The van der Waals surface area contributed by atoms with Gasteiger partial charge in [-0.05, 0) is 25.1 Å². The van der Waals surface area contributed by atoms with Gasteiger partial charge >= 0.3 is 0 Å². The molecular weight excluding hydrogens is 257 g/mol. The number of para-hydroxylation sites is 1. The Morgan fingerprint density at radius 1 is 1.00 bits per heavy atom. The lowest BCUT2D eigenvalue weighted by Crippen LogP contribution is -2.09. The summed E-state index contributed by atoms with van der Waals surface area (Å²) in [6.45, 7) is 2.01. The third-order valence-corrected chi connectivity index (χ3v) is 3.14. The van der Waals surface area contributed by atoms with Gasteiger partial charge in [0.15, 0.2) is 0 Å². The van der Waals surface area contributed by atoms with Crippen molar-refractivity contribution in [3.8, 4) is 11.5 Å². The van der Waals surface area contributed by atoms with Crippen molar-refractivity contribution in [3.05, 3.63) is 53.8 Å². The molecule has 2 rings (SSSR count). The lowest BCUT2D eigenvalue weighted by molar-refractivity contribution is 0.406. The van der Waals surface area contributed by atoms with E-state index in [-0.39, 0.29) is 11.9 Å². The van der Waals surface area contributed by atoms with E-state index in [1.165, 1.54) is 19.2 Å². The van der Waals surface area contributed by atoms with Crippen LogP contribution in [0.25, 0.3) is 0 Å². The van der Waals surface area contributed by atoms with Crippen molar-refractivity contribution in [1.82, 2.24) is 0 Å². The molecule has 0 aliphatic heterocycles. The van der Waals surface area contributed by atoms with Crippen molar-refractivity contribution in [1.29, 1.82) is 0 Å². The number of methoxy groups -OCH3 is 2. The first-order chi connectivity index (χ1) is 9.65. The summed E-state index contributed by atoms with van der Waals surface area (Å²) in [6.07, 6.45) is 0. The van der Waals surface area contributed by atoms with Crippen LogP contribution < -0.4 is 14.8 Å². The maximum absolute atomic E-state index is 13.2. The number of rotatable bonds is 5. The van der Waals surface area contributed by atoms with Gasteiger partial charge in [-0.25, -0.2) is 4.39 Å². The van der Waals surface area contributed by atoms with E-state index in [1.54, 1.807) is 13.2 Å². The van der Waals surface area contributed by atoms with Crippen molar-refractivity contribution in [2.45, 2.75) is 13.0 Å². The standard InChI is InChI=1S/C16H18FNO2/c1-11(13-6-4-5-7-15(13)19-2)18-14-9-8-12(17)10-16(14)20-3/h4-11,18H,1-3H3. The van der Waals surface area contributed by atoms with Crippen molar-refractivity contribution in [3.63, 3.8) is 0 Å². The summed E-state index contributed by atoms with van der Waals surface area (Å²) in [6, 6.07) is 12.2. The van der Waals surface area contributed by atoms with Gasteiger partial charge in [0.25, 0.3) is 0 Å². The lowest BCUT2D eigenvalue weighted by atomic mass is 10.1. The average molecular weight is 275 g/mol. The van der Waals surface area contributed by atoms with Crippen LogP contribution in [0, 0.1) is 5.82 Å². The summed E-state index contributed by atoms with van der Waals surface area (Å²) in [5.74, 6) is 0.970. The highest BCUT2D eigenvalue weighted by Gasteiger charge is 2.13. The molecule has 0 fully saturated rings. The highest BCUT2D eigenvalue weighted by Crippen LogP contribution is 2.31. The Morgan fingerprint density at radius 2 is 1.70 bits per heavy atom. The van der Waals surface area contributed by atoms with Gasteiger partial charge in [0.05, 0.1) is 25.9 Å². The summed E-state index contributed by atoms with van der Waals surface area (Å²) in [5, 5.41) is 3.31. The Labute approximate surface area is 118 Å². The number of hydrogen-bond acceptors (Lipinski definition) is 3. The number of nitrogens with one attached hydrogen (secondary N) is 1.